The minimum Gasteiger partial charge on any atom is -0.293 e. The zero-order chi connectivity index (χ0) is 13.3. The van der Waals surface area contributed by atoms with Crippen molar-refractivity contribution in [2.75, 3.05) is 0 Å². The second-order valence-electron chi connectivity index (χ2n) is 4.87. The van der Waals surface area contributed by atoms with Crippen LogP contribution in [-0.4, -0.2) is 5.78 Å². The Kier molecular flexibility index (Phi) is 3.67. The van der Waals surface area contributed by atoms with E-state index in [1.807, 2.05) is 12.1 Å². The molecule has 1 heterocycles. The van der Waals surface area contributed by atoms with Crippen molar-refractivity contribution in [1.29, 1.82) is 0 Å². The van der Waals surface area contributed by atoms with Gasteiger partial charge < -0.3 is 0 Å². The van der Waals surface area contributed by atoms with Crippen LogP contribution in [0.1, 0.15) is 36.8 Å². The Morgan fingerprint density at radius 1 is 1.00 bits per heavy atom. The van der Waals surface area contributed by atoms with E-state index in [0.29, 0.717) is 6.42 Å². The number of carbonyl (C=O) groups excluding carboxylic acids is 1. The van der Waals surface area contributed by atoms with E-state index in [1.165, 1.54) is 21.6 Å². The lowest BCUT2D eigenvalue weighted by Gasteiger charge is -2.03. The second kappa shape index (κ2) is 5.07. The minimum absolute atomic E-state index is 0.222. The molecule has 0 saturated carbocycles. The van der Waals surface area contributed by atoms with E-state index in [9.17, 15) is 4.79 Å². The Morgan fingerprint density at radius 3 is 2.28 bits per heavy atom. The highest BCUT2D eigenvalue weighted by atomic mass is 32.1. The lowest BCUT2D eigenvalue weighted by molar-refractivity contribution is 0.0997. The number of aryl methyl sites for hydroxylation is 4. The summed E-state index contributed by atoms with van der Waals surface area (Å²) in [7, 11) is 0. The Bertz CT molecular complexity index is 574. The summed E-state index contributed by atoms with van der Waals surface area (Å²) in [5.74, 6) is 0.222. The van der Waals surface area contributed by atoms with Crippen LogP contribution in [0.4, 0.5) is 0 Å². The van der Waals surface area contributed by atoms with Crippen LogP contribution in [0.15, 0.2) is 24.3 Å². The summed E-state index contributed by atoms with van der Waals surface area (Å²) in [6.45, 7) is 8.29. The quantitative estimate of drug-likeness (QED) is 0.745. The Hall–Kier alpha value is -1.41. The highest BCUT2D eigenvalue weighted by molar-refractivity contribution is 7.14. The maximum Gasteiger partial charge on any atom is 0.177 e. The molecule has 0 aliphatic carbocycles. The molecule has 2 aromatic rings. The van der Waals surface area contributed by atoms with Crippen LogP contribution in [0.3, 0.4) is 0 Å². The van der Waals surface area contributed by atoms with E-state index < -0.39 is 0 Å². The lowest BCUT2D eigenvalue weighted by atomic mass is 10.0. The molecule has 0 saturated heterocycles. The van der Waals surface area contributed by atoms with Crippen LogP contribution >= 0.6 is 11.3 Å². The van der Waals surface area contributed by atoms with Crippen LogP contribution in [0.5, 0.6) is 0 Å². The third kappa shape index (κ3) is 2.70. The number of hydrogen-bond acceptors (Lipinski definition) is 2. The fourth-order valence-corrected chi connectivity index (χ4v) is 2.87. The van der Waals surface area contributed by atoms with Crippen LogP contribution in [-0.2, 0) is 6.42 Å². The number of rotatable bonds is 3. The number of benzene rings is 1. The molecule has 2 rings (SSSR count). The molecule has 0 amide bonds. The molecule has 0 atom stereocenters. The number of carbonyl (C=O) groups is 1. The molecule has 0 fully saturated rings. The van der Waals surface area contributed by atoms with Gasteiger partial charge in [0.15, 0.2) is 5.78 Å². The van der Waals surface area contributed by atoms with Crippen molar-refractivity contribution in [2.24, 2.45) is 0 Å². The van der Waals surface area contributed by atoms with Crippen molar-refractivity contribution in [3.8, 4) is 0 Å². The highest BCUT2D eigenvalue weighted by Crippen LogP contribution is 2.22. The molecule has 0 spiro atoms. The molecule has 1 aromatic heterocycles. The predicted octanol–water partition coefficient (Wildman–Crippen LogP) is 4.41. The Morgan fingerprint density at radius 2 is 1.72 bits per heavy atom. The molecule has 18 heavy (non-hydrogen) atoms. The van der Waals surface area contributed by atoms with E-state index >= 15 is 0 Å². The minimum atomic E-state index is 0.222. The van der Waals surface area contributed by atoms with Crippen molar-refractivity contribution in [3.05, 3.63) is 56.3 Å². The van der Waals surface area contributed by atoms with E-state index in [-0.39, 0.29) is 5.78 Å². The van der Waals surface area contributed by atoms with E-state index in [4.69, 9.17) is 0 Å². The topological polar surface area (TPSA) is 17.1 Å². The first-order valence-corrected chi connectivity index (χ1v) is 6.95. The first-order chi connectivity index (χ1) is 8.47. The van der Waals surface area contributed by atoms with Crippen LogP contribution < -0.4 is 0 Å². The molecule has 94 valence electrons. The smallest absolute Gasteiger partial charge is 0.177 e. The molecule has 2 heteroatoms. The molecule has 0 bridgehead atoms. The molecule has 1 nitrogen and oxygen atoms in total. The van der Waals surface area contributed by atoms with Gasteiger partial charge in [0, 0.05) is 11.3 Å². The monoisotopic (exact) mass is 258 g/mol. The van der Waals surface area contributed by atoms with E-state index in [1.54, 1.807) is 11.3 Å². The number of thiophene rings is 1. The highest BCUT2D eigenvalue weighted by Gasteiger charge is 2.11. The maximum atomic E-state index is 12.2. The summed E-state index contributed by atoms with van der Waals surface area (Å²) in [6, 6.07) is 8.25. The summed E-state index contributed by atoms with van der Waals surface area (Å²) in [6.07, 6.45) is 0.501. The summed E-state index contributed by atoms with van der Waals surface area (Å²) in [5, 5.41) is 0. The third-order valence-electron chi connectivity index (χ3n) is 3.38. The number of hydrogen-bond donors (Lipinski definition) is 0. The maximum absolute atomic E-state index is 12.2. The van der Waals surface area contributed by atoms with Gasteiger partial charge in [0.25, 0.3) is 0 Å². The fraction of sp³-hybridized carbons (Fsp3) is 0.312. The van der Waals surface area contributed by atoms with Crippen LogP contribution in [0.25, 0.3) is 0 Å². The van der Waals surface area contributed by atoms with Crippen molar-refractivity contribution >= 4 is 17.1 Å². The molecule has 0 aliphatic heterocycles. The molecule has 0 radical (unpaired) electrons. The lowest BCUT2D eigenvalue weighted by Crippen LogP contribution is -2.01. The van der Waals surface area contributed by atoms with Gasteiger partial charge in [-0.05, 0) is 56.0 Å². The van der Waals surface area contributed by atoms with Gasteiger partial charge in [-0.25, -0.2) is 0 Å². The Balaban J connectivity index is 2.18. The predicted molar refractivity (Wildman–Crippen MR) is 77.7 cm³/mol. The summed E-state index contributed by atoms with van der Waals surface area (Å²) in [4.78, 5) is 14.3. The number of Topliss-reactive ketones (excluding diaryl/α,β-unsaturated/α-hetero) is 1. The van der Waals surface area contributed by atoms with Crippen molar-refractivity contribution in [1.82, 2.24) is 0 Å². The zero-order valence-corrected chi connectivity index (χ0v) is 12.1. The standard InChI is InChI=1S/C16H18OS/c1-10-5-6-14(7-11(10)2)9-15(17)16-8-12(3)13(4)18-16/h5-8H,9H2,1-4H3. The molecule has 0 unspecified atom stereocenters. The number of ketones is 1. The van der Waals surface area contributed by atoms with Crippen molar-refractivity contribution < 1.29 is 4.79 Å². The van der Waals surface area contributed by atoms with Gasteiger partial charge in [-0.1, -0.05) is 18.2 Å². The zero-order valence-electron chi connectivity index (χ0n) is 11.3. The molecule has 0 N–H and O–H groups in total. The van der Waals surface area contributed by atoms with Crippen LogP contribution in [0, 0.1) is 27.7 Å². The molecular weight excluding hydrogens is 240 g/mol. The summed E-state index contributed by atoms with van der Waals surface area (Å²) >= 11 is 1.60. The third-order valence-corrected chi connectivity index (χ3v) is 4.57. The largest absolute Gasteiger partial charge is 0.293 e. The molecule has 0 aliphatic rings. The van der Waals surface area contributed by atoms with Gasteiger partial charge in [-0.15, -0.1) is 11.3 Å². The first-order valence-electron chi connectivity index (χ1n) is 6.13. The van der Waals surface area contributed by atoms with Gasteiger partial charge in [0.05, 0.1) is 4.88 Å². The summed E-state index contributed by atoms with van der Waals surface area (Å²) < 4.78 is 0. The Labute approximate surface area is 112 Å². The SMILES string of the molecule is Cc1ccc(CC(=O)c2cc(C)c(C)s2)cc1C. The molecular formula is C16H18OS. The van der Waals surface area contributed by atoms with Gasteiger partial charge in [0.2, 0.25) is 0 Å². The van der Waals surface area contributed by atoms with Crippen molar-refractivity contribution in [3.63, 3.8) is 0 Å². The van der Waals surface area contributed by atoms with Crippen LogP contribution in [0.2, 0.25) is 0 Å². The normalized spacial score (nSPS) is 10.7. The first kappa shape index (κ1) is 13.0. The van der Waals surface area contributed by atoms with Gasteiger partial charge in [0.1, 0.15) is 0 Å². The van der Waals surface area contributed by atoms with Gasteiger partial charge in [-0.2, -0.15) is 0 Å². The average molecular weight is 258 g/mol. The van der Waals surface area contributed by atoms with E-state index in [0.717, 1.165) is 10.4 Å². The molecule has 1 aromatic carbocycles. The van der Waals surface area contributed by atoms with Gasteiger partial charge in [-0.3, -0.25) is 4.79 Å². The fourth-order valence-electron chi connectivity index (χ4n) is 1.90. The summed E-state index contributed by atoms with van der Waals surface area (Å²) in [5.41, 5.74) is 4.84. The van der Waals surface area contributed by atoms with Crippen molar-refractivity contribution in [2.45, 2.75) is 34.1 Å². The van der Waals surface area contributed by atoms with Gasteiger partial charge >= 0.3 is 0 Å². The van der Waals surface area contributed by atoms with E-state index in [2.05, 4.69) is 39.8 Å². The average Bonchev–Trinajstić information content (AvgIpc) is 2.65. The second-order valence-corrected chi connectivity index (χ2v) is 6.12.